The van der Waals surface area contributed by atoms with E-state index in [1.165, 1.54) is 10.4 Å². The molecule has 171 valence electrons. The molecular formula is C27H37O3Si2. The second kappa shape index (κ2) is 10.8. The van der Waals surface area contributed by atoms with E-state index < -0.39 is 17.4 Å². The van der Waals surface area contributed by atoms with Crippen LogP contribution in [0.3, 0.4) is 0 Å². The average Bonchev–Trinajstić information content (AvgIpc) is 2.75. The maximum absolute atomic E-state index is 7.07. The Morgan fingerprint density at radius 2 is 1.47 bits per heavy atom. The first kappa shape index (κ1) is 24.7. The predicted molar refractivity (Wildman–Crippen MR) is 138 cm³/mol. The largest absolute Gasteiger partial charge is 0.490 e. The molecule has 0 amide bonds. The van der Waals surface area contributed by atoms with Crippen LogP contribution < -0.4 is 10.4 Å². The van der Waals surface area contributed by atoms with Crippen molar-refractivity contribution in [2.75, 3.05) is 6.61 Å². The molecule has 3 nitrogen and oxygen atoms in total. The first-order valence-corrected chi connectivity index (χ1v) is 15.8. The fourth-order valence-corrected chi connectivity index (χ4v) is 9.81. The van der Waals surface area contributed by atoms with E-state index in [9.17, 15) is 0 Å². The van der Waals surface area contributed by atoms with E-state index in [4.69, 9.17) is 13.6 Å². The van der Waals surface area contributed by atoms with Gasteiger partial charge in [-0.1, -0.05) is 100 Å². The lowest BCUT2D eigenvalue weighted by molar-refractivity contribution is 0.0312. The molecule has 0 N–H and O–H groups in total. The van der Waals surface area contributed by atoms with Crippen molar-refractivity contribution in [3.8, 4) is 0 Å². The lowest BCUT2D eigenvalue weighted by Crippen LogP contribution is -2.67. The fraction of sp³-hybridized carbons (Fsp3) is 0.407. The van der Waals surface area contributed by atoms with Crippen LogP contribution in [0.4, 0.5) is 0 Å². The smallest absolute Gasteiger partial charge is 0.261 e. The van der Waals surface area contributed by atoms with Crippen molar-refractivity contribution in [3.63, 3.8) is 0 Å². The maximum atomic E-state index is 7.07. The van der Waals surface area contributed by atoms with Gasteiger partial charge in [0.25, 0.3) is 8.32 Å². The molecule has 0 aromatic heterocycles. The molecule has 0 aliphatic carbocycles. The fourth-order valence-electron chi connectivity index (χ4n) is 4.42. The Kier molecular flexibility index (Phi) is 8.34. The standard InChI is InChI=1S/C27H37O3Si2/c1-22-26(30-31(5)6)20-14-13-15-23(29-22)21-28-32(27(2,3)4,24-16-9-7-10-17-24)25-18-11-8-12-19-25/h7-14,16-19,23,26H,1,15,20-21H2,2-6H3/b14-13-/t23-,26-/m1/s1. The Morgan fingerprint density at radius 1 is 0.938 bits per heavy atom. The quantitative estimate of drug-likeness (QED) is 0.402. The van der Waals surface area contributed by atoms with Gasteiger partial charge < -0.3 is 13.6 Å². The Morgan fingerprint density at radius 3 is 1.97 bits per heavy atom. The van der Waals surface area contributed by atoms with E-state index in [0.29, 0.717) is 6.61 Å². The molecule has 0 spiro atoms. The van der Waals surface area contributed by atoms with Crippen LogP contribution in [-0.2, 0) is 13.6 Å². The second-order valence-corrected chi connectivity index (χ2v) is 16.0. The molecule has 0 saturated carbocycles. The van der Waals surface area contributed by atoms with Crippen LogP contribution in [0.1, 0.15) is 33.6 Å². The van der Waals surface area contributed by atoms with Gasteiger partial charge in [-0.2, -0.15) is 0 Å². The molecule has 0 fully saturated rings. The average molecular weight is 466 g/mol. The molecule has 1 aliphatic rings. The van der Waals surface area contributed by atoms with E-state index in [2.05, 4.69) is 113 Å². The molecule has 3 rings (SSSR count). The topological polar surface area (TPSA) is 27.7 Å². The number of rotatable bonds is 7. The monoisotopic (exact) mass is 465 g/mol. The van der Waals surface area contributed by atoms with E-state index in [1.54, 1.807) is 0 Å². The Balaban J connectivity index is 1.92. The highest BCUT2D eigenvalue weighted by molar-refractivity contribution is 6.99. The van der Waals surface area contributed by atoms with E-state index in [1.807, 2.05) is 0 Å². The van der Waals surface area contributed by atoms with Crippen LogP contribution >= 0.6 is 0 Å². The zero-order chi connectivity index (χ0) is 23.2. The summed E-state index contributed by atoms with van der Waals surface area (Å²) in [6, 6.07) is 21.5. The van der Waals surface area contributed by atoms with Gasteiger partial charge >= 0.3 is 0 Å². The van der Waals surface area contributed by atoms with Crippen molar-refractivity contribution in [2.45, 2.75) is 64.0 Å². The van der Waals surface area contributed by atoms with Crippen molar-refractivity contribution in [1.82, 2.24) is 0 Å². The minimum atomic E-state index is -2.59. The second-order valence-electron chi connectivity index (χ2n) is 9.64. The number of ether oxygens (including phenoxy) is 1. The van der Waals surface area contributed by atoms with E-state index in [-0.39, 0.29) is 17.2 Å². The number of benzene rings is 2. The van der Waals surface area contributed by atoms with Gasteiger partial charge in [-0.05, 0) is 34.9 Å². The van der Waals surface area contributed by atoms with Gasteiger partial charge in [-0.25, -0.2) is 0 Å². The van der Waals surface area contributed by atoms with Crippen LogP contribution in [0, 0.1) is 0 Å². The van der Waals surface area contributed by atoms with Gasteiger partial charge in [0.2, 0.25) is 9.04 Å². The van der Waals surface area contributed by atoms with Gasteiger partial charge in [-0.15, -0.1) is 0 Å². The van der Waals surface area contributed by atoms with Gasteiger partial charge in [0.1, 0.15) is 18.0 Å². The molecule has 1 heterocycles. The van der Waals surface area contributed by atoms with E-state index in [0.717, 1.165) is 18.6 Å². The highest BCUT2D eigenvalue weighted by atomic mass is 28.4. The van der Waals surface area contributed by atoms with Crippen LogP contribution in [0.5, 0.6) is 0 Å². The number of hydrogen-bond donors (Lipinski definition) is 0. The Labute approximate surface area is 197 Å². The summed E-state index contributed by atoms with van der Waals surface area (Å²) in [5.41, 5.74) is 0. The summed E-state index contributed by atoms with van der Waals surface area (Å²) >= 11 is 0. The van der Waals surface area contributed by atoms with Gasteiger partial charge in [0.15, 0.2) is 0 Å². The minimum absolute atomic E-state index is 0.0580. The van der Waals surface area contributed by atoms with Crippen molar-refractivity contribution in [2.24, 2.45) is 0 Å². The third-order valence-corrected chi connectivity index (χ3v) is 11.6. The van der Waals surface area contributed by atoms with Crippen LogP contribution in [0.15, 0.2) is 85.2 Å². The highest BCUT2D eigenvalue weighted by Gasteiger charge is 2.50. The Bertz CT molecular complexity index is 849. The van der Waals surface area contributed by atoms with Crippen LogP contribution in [0.25, 0.3) is 0 Å². The first-order chi connectivity index (χ1) is 15.2. The zero-order valence-electron chi connectivity index (χ0n) is 20.1. The summed E-state index contributed by atoms with van der Waals surface area (Å²) in [5.74, 6) is 0.719. The third-order valence-electron chi connectivity index (χ3n) is 5.87. The third kappa shape index (κ3) is 5.70. The highest BCUT2D eigenvalue weighted by Crippen LogP contribution is 2.37. The van der Waals surface area contributed by atoms with Crippen molar-refractivity contribution < 1.29 is 13.6 Å². The zero-order valence-corrected chi connectivity index (χ0v) is 22.1. The van der Waals surface area contributed by atoms with Crippen LogP contribution in [0.2, 0.25) is 18.1 Å². The SMILES string of the molecule is C=C1O[C@@H](CO[Si](c2ccccc2)(c2ccccc2)C(C)(C)C)C/C=C\C[C@H]1O[Si](C)C. The molecule has 32 heavy (non-hydrogen) atoms. The summed E-state index contributed by atoms with van der Waals surface area (Å²) in [6.07, 6.45) is 5.84. The maximum Gasteiger partial charge on any atom is 0.261 e. The molecule has 1 radical (unpaired) electrons. The predicted octanol–water partition coefficient (Wildman–Crippen LogP) is 5.45. The molecule has 5 heteroatoms. The minimum Gasteiger partial charge on any atom is -0.490 e. The molecule has 1 aliphatic heterocycles. The first-order valence-electron chi connectivity index (χ1n) is 11.5. The van der Waals surface area contributed by atoms with Gasteiger partial charge in [0, 0.05) is 6.42 Å². The van der Waals surface area contributed by atoms with Crippen molar-refractivity contribution in [1.29, 1.82) is 0 Å². The summed E-state index contributed by atoms with van der Waals surface area (Å²) in [5, 5.41) is 2.51. The molecule has 2 atom stereocenters. The summed E-state index contributed by atoms with van der Waals surface area (Å²) in [4.78, 5) is 0. The Hall–Kier alpha value is -1.93. The lowest BCUT2D eigenvalue weighted by atomic mass is 10.1. The summed E-state index contributed by atoms with van der Waals surface area (Å²) < 4.78 is 19.5. The summed E-state index contributed by atoms with van der Waals surface area (Å²) in [7, 11) is -3.42. The van der Waals surface area contributed by atoms with Crippen molar-refractivity contribution >= 4 is 27.7 Å². The normalized spacial score (nSPS) is 21.0. The van der Waals surface area contributed by atoms with Gasteiger partial charge in [-0.3, -0.25) is 0 Å². The molecule has 0 saturated heterocycles. The molecule has 0 unspecified atom stereocenters. The summed E-state index contributed by atoms with van der Waals surface area (Å²) in [6.45, 7) is 15.9. The van der Waals surface area contributed by atoms with Gasteiger partial charge in [0.05, 0.1) is 6.61 Å². The lowest BCUT2D eigenvalue weighted by Gasteiger charge is -2.43. The molecule has 0 bridgehead atoms. The molecule has 2 aromatic carbocycles. The van der Waals surface area contributed by atoms with E-state index >= 15 is 0 Å². The molecule has 2 aromatic rings. The molecular weight excluding hydrogens is 428 g/mol. The van der Waals surface area contributed by atoms with Crippen LogP contribution in [-0.4, -0.2) is 36.2 Å². The van der Waals surface area contributed by atoms with Crippen molar-refractivity contribution in [3.05, 3.63) is 85.2 Å². The number of hydrogen-bond acceptors (Lipinski definition) is 3.